The molecule has 3 nitrogen and oxygen atoms in total. The summed E-state index contributed by atoms with van der Waals surface area (Å²) in [5.41, 5.74) is 9.10. The van der Waals surface area contributed by atoms with E-state index in [4.69, 9.17) is 5.73 Å². The van der Waals surface area contributed by atoms with Crippen LogP contribution in [0.4, 0.5) is 0 Å². The molecule has 2 aliphatic heterocycles. The fraction of sp³-hybridized carbons (Fsp3) is 0.667. The van der Waals surface area contributed by atoms with Crippen LogP contribution >= 0.6 is 0 Å². The van der Waals surface area contributed by atoms with E-state index in [0.29, 0.717) is 6.04 Å². The molecule has 21 heavy (non-hydrogen) atoms. The first-order chi connectivity index (χ1) is 10.3. The van der Waals surface area contributed by atoms with Crippen LogP contribution in [0, 0.1) is 0 Å². The van der Waals surface area contributed by atoms with Gasteiger partial charge < -0.3 is 5.73 Å². The summed E-state index contributed by atoms with van der Waals surface area (Å²) in [5.74, 6) is 0. The Morgan fingerprint density at radius 3 is 2.81 bits per heavy atom. The molecule has 3 heteroatoms. The zero-order valence-electron chi connectivity index (χ0n) is 13.3. The molecule has 0 bridgehead atoms. The smallest absolute Gasteiger partial charge is 0.0473 e. The minimum Gasteiger partial charge on any atom is -0.329 e. The summed E-state index contributed by atoms with van der Waals surface area (Å²) in [6.07, 6.45) is 5.11. The fourth-order valence-electron chi connectivity index (χ4n) is 4.17. The Balaban J connectivity index is 1.81. The van der Waals surface area contributed by atoms with E-state index >= 15 is 0 Å². The van der Waals surface area contributed by atoms with Crippen LogP contribution in [0.1, 0.15) is 43.4 Å². The Morgan fingerprint density at radius 2 is 2.00 bits per heavy atom. The van der Waals surface area contributed by atoms with Crippen molar-refractivity contribution in [2.45, 2.75) is 44.7 Å². The van der Waals surface area contributed by atoms with Gasteiger partial charge in [-0.15, -0.1) is 0 Å². The van der Waals surface area contributed by atoms with Gasteiger partial charge in [-0.25, -0.2) is 0 Å². The quantitative estimate of drug-likeness (QED) is 0.923. The highest BCUT2D eigenvalue weighted by Gasteiger charge is 2.31. The van der Waals surface area contributed by atoms with Crippen molar-refractivity contribution < 1.29 is 0 Å². The minimum absolute atomic E-state index is 0.390. The normalized spacial score (nSPS) is 25.5. The summed E-state index contributed by atoms with van der Waals surface area (Å²) in [6, 6.07) is 10.0. The number of rotatable bonds is 4. The summed E-state index contributed by atoms with van der Waals surface area (Å²) < 4.78 is 0. The average molecular weight is 287 g/mol. The van der Waals surface area contributed by atoms with Crippen LogP contribution in [0.3, 0.4) is 0 Å². The Labute approximate surface area is 129 Å². The monoisotopic (exact) mass is 287 g/mol. The standard InChI is InChI=1S/C18H29N3/c1-2-15-7-3-4-9-17(15)18(13-19)21-12-6-11-20-10-5-8-16(20)14-21/h3-4,7,9,16,18H,2,5-6,8,10-14,19H2,1H3. The van der Waals surface area contributed by atoms with Crippen LogP contribution in [0.15, 0.2) is 24.3 Å². The van der Waals surface area contributed by atoms with Crippen LogP contribution in [-0.4, -0.2) is 48.6 Å². The average Bonchev–Trinajstić information content (AvgIpc) is 2.86. The second-order valence-electron chi connectivity index (χ2n) is 6.48. The Kier molecular flexibility index (Phi) is 4.94. The van der Waals surface area contributed by atoms with Gasteiger partial charge in [-0.3, -0.25) is 9.80 Å². The molecule has 3 rings (SSSR count). The molecule has 0 amide bonds. The Bertz CT molecular complexity index is 460. The second-order valence-corrected chi connectivity index (χ2v) is 6.48. The van der Waals surface area contributed by atoms with Gasteiger partial charge in [0.25, 0.3) is 0 Å². The molecular weight excluding hydrogens is 258 g/mol. The number of nitrogens with two attached hydrogens (primary N) is 1. The van der Waals surface area contributed by atoms with E-state index < -0.39 is 0 Å². The maximum atomic E-state index is 6.19. The zero-order valence-corrected chi connectivity index (χ0v) is 13.3. The van der Waals surface area contributed by atoms with E-state index in [-0.39, 0.29) is 0 Å². The third-order valence-corrected chi connectivity index (χ3v) is 5.29. The van der Waals surface area contributed by atoms with Crippen molar-refractivity contribution in [2.24, 2.45) is 5.73 Å². The van der Waals surface area contributed by atoms with Crippen molar-refractivity contribution in [3.05, 3.63) is 35.4 Å². The largest absolute Gasteiger partial charge is 0.329 e. The van der Waals surface area contributed by atoms with Gasteiger partial charge in [0.15, 0.2) is 0 Å². The van der Waals surface area contributed by atoms with E-state index in [1.54, 1.807) is 0 Å². The van der Waals surface area contributed by atoms with Crippen molar-refractivity contribution in [1.82, 2.24) is 9.80 Å². The SMILES string of the molecule is CCc1ccccc1C(CN)N1CCCN2CCCC2C1. The third-order valence-electron chi connectivity index (χ3n) is 5.29. The van der Waals surface area contributed by atoms with E-state index in [9.17, 15) is 0 Å². The molecule has 2 aliphatic rings. The second kappa shape index (κ2) is 6.91. The molecule has 0 spiro atoms. The lowest BCUT2D eigenvalue weighted by Gasteiger charge is -2.33. The molecule has 1 aromatic carbocycles. The van der Waals surface area contributed by atoms with Crippen LogP contribution in [-0.2, 0) is 6.42 Å². The van der Waals surface area contributed by atoms with Gasteiger partial charge in [0, 0.05) is 31.7 Å². The van der Waals surface area contributed by atoms with Crippen molar-refractivity contribution in [1.29, 1.82) is 0 Å². The molecule has 2 N–H and O–H groups in total. The van der Waals surface area contributed by atoms with Crippen LogP contribution in [0.25, 0.3) is 0 Å². The number of fused-ring (bicyclic) bond motifs is 1. The molecule has 0 aromatic heterocycles. The number of aryl methyl sites for hydroxylation is 1. The predicted molar refractivity (Wildman–Crippen MR) is 88.4 cm³/mol. The molecule has 2 unspecified atom stereocenters. The molecule has 0 saturated carbocycles. The summed E-state index contributed by atoms with van der Waals surface area (Å²) in [7, 11) is 0. The zero-order chi connectivity index (χ0) is 14.7. The summed E-state index contributed by atoms with van der Waals surface area (Å²) >= 11 is 0. The lowest BCUT2D eigenvalue weighted by Crippen LogP contribution is -2.40. The maximum Gasteiger partial charge on any atom is 0.0473 e. The first kappa shape index (κ1) is 15.0. The van der Waals surface area contributed by atoms with Gasteiger partial charge in [0.05, 0.1) is 0 Å². The molecule has 2 atom stereocenters. The number of nitrogens with zero attached hydrogens (tertiary/aromatic N) is 2. The van der Waals surface area contributed by atoms with Crippen LogP contribution in [0.5, 0.6) is 0 Å². The van der Waals surface area contributed by atoms with Crippen LogP contribution in [0.2, 0.25) is 0 Å². The van der Waals surface area contributed by atoms with Crippen LogP contribution < -0.4 is 5.73 Å². The van der Waals surface area contributed by atoms with E-state index in [1.807, 2.05) is 0 Å². The van der Waals surface area contributed by atoms with Gasteiger partial charge in [-0.2, -0.15) is 0 Å². The van der Waals surface area contributed by atoms with Gasteiger partial charge >= 0.3 is 0 Å². The molecule has 1 aromatic rings. The van der Waals surface area contributed by atoms with Crippen molar-refractivity contribution in [3.8, 4) is 0 Å². The summed E-state index contributed by atoms with van der Waals surface area (Å²) in [6.45, 7) is 7.93. The van der Waals surface area contributed by atoms with E-state index in [0.717, 1.165) is 19.0 Å². The van der Waals surface area contributed by atoms with Gasteiger partial charge in [-0.1, -0.05) is 31.2 Å². The third kappa shape index (κ3) is 3.15. The van der Waals surface area contributed by atoms with Crippen molar-refractivity contribution in [3.63, 3.8) is 0 Å². The van der Waals surface area contributed by atoms with Gasteiger partial charge in [-0.05, 0) is 49.9 Å². The highest BCUT2D eigenvalue weighted by molar-refractivity contribution is 5.30. The highest BCUT2D eigenvalue weighted by Crippen LogP contribution is 2.29. The molecule has 116 valence electrons. The topological polar surface area (TPSA) is 32.5 Å². The lowest BCUT2D eigenvalue weighted by atomic mass is 9.97. The Morgan fingerprint density at radius 1 is 1.19 bits per heavy atom. The molecule has 2 fully saturated rings. The molecule has 2 heterocycles. The summed E-state index contributed by atoms with van der Waals surface area (Å²) in [5, 5.41) is 0. The molecule has 2 saturated heterocycles. The number of hydrogen-bond acceptors (Lipinski definition) is 3. The number of hydrogen-bond donors (Lipinski definition) is 1. The highest BCUT2D eigenvalue weighted by atomic mass is 15.3. The van der Waals surface area contributed by atoms with Crippen molar-refractivity contribution >= 4 is 0 Å². The minimum atomic E-state index is 0.390. The fourth-order valence-corrected chi connectivity index (χ4v) is 4.17. The molecule has 0 radical (unpaired) electrons. The molecular formula is C18H29N3. The van der Waals surface area contributed by atoms with Crippen molar-refractivity contribution in [2.75, 3.05) is 32.7 Å². The Hall–Kier alpha value is -0.900. The summed E-state index contributed by atoms with van der Waals surface area (Å²) in [4.78, 5) is 5.35. The maximum absolute atomic E-state index is 6.19. The van der Waals surface area contributed by atoms with E-state index in [1.165, 1.54) is 56.6 Å². The first-order valence-corrected chi connectivity index (χ1v) is 8.59. The lowest BCUT2D eigenvalue weighted by molar-refractivity contribution is 0.175. The van der Waals surface area contributed by atoms with Gasteiger partial charge in [0.1, 0.15) is 0 Å². The molecule has 0 aliphatic carbocycles. The van der Waals surface area contributed by atoms with E-state index in [2.05, 4.69) is 41.0 Å². The number of benzene rings is 1. The first-order valence-electron chi connectivity index (χ1n) is 8.59. The van der Waals surface area contributed by atoms with Gasteiger partial charge in [0.2, 0.25) is 0 Å². The predicted octanol–water partition coefficient (Wildman–Crippen LogP) is 2.42.